The Bertz CT molecular complexity index is 1170. The van der Waals surface area contributed by atoms with E-state index in [9.17, 15) is 14.4 Å². The van der Waals surface area contributed by atoms with E-state index < -0.39 is 17.7 Å². The molecule has 0 bridgehead atoms. The molecule has 0 spiro atoms. The number of rotatable bonds is 9. The number of likely N-dealkylation sites (N-methyl/N-ethyl adjacent to an activating group) is 1. The Morgan fingerprint density at radius 3 is 2.46 bits per heavy atom. The third-order valence-electron chi connectivity index (χ3n) is 6.44. The minimum atomic E-state index is -0.810. The molecule has 1 aliphatic rings. The molecule has 212 valence electrons. The number of hydrogen-bond acceptors (Lipinski definition) is 6. The lowest BCUT2D eigenvalue weighted by Crippen LogP contribution is -2.49. The normalized spacial score (nSPS) is 15.1. The number of carbonyl (C=O) groups excluding carboxylic acids is 3. The van der Waals surface area contributed by atoms with Gasteiger partial charge in [0.15, 0.2) is 0 Å². The van der Waals surface area contributed by atoms with E-state index in [0.29, 0.717) is 42.7 Å². The van der Waals surface area contributed by atoms with Gasteiger partial charge in [-0.2, -0.15) is 0 Å². The van der Waals surface area contributed by atoms with Crippen molar-refractivity contribution >= 4 is 23.6 Å². The molecule has 3 rings (SSSR count). The zero-order valence-corrected chi connectivity index (χ0v) is 24.2. The Balaban J connectivity index is 1.84. The summed E-state index contributed by atoms with van der Waals surface area (Å²) in [5, 5.41) is 5.79. The van der Waals surface area contributed by atoms with Crippen LogP contribution in [0.2, 0.25) is 0 Å². The van der Waals surface area contributed by atoms with Gasteiger partial charge in [0.25, 0.3) is 0 Å². The van der Waals surface area contributed by atoms with Crippen molar-refractivity contribution in [3.05, 3.63) is 53.6 Å². The van der Waals surface area contributed by atoms with E-state index in [1.807, 2.05) is 39.0 Å². The van der Waals surface area contributed by atoms with Gasteiger partial charge < -0.3 is 20.1 Å². The molecule has 39 heavy (non-hydrogen) atoms. The van der Waals surface area contributed by atoms with E-state index in [2.05, 4.69) is 36.3 Å². The highest BCUT2D eigenvalue weighted by Gasteiger charge is 2.38. The van der Waals surface area contributed by atoms with Gasteiger partial charge in [0.1, 0.15) is 23.1 Å². The molecule has 2 N–H and O–H groups in total. The first kappa shape index (κ1) is 30.0. The zero-order chi connectivity index (χ0) is 28.7. The van der Waals surface area contributed by atoms with Crippen LogP contribution in [0.3, 0.4) is 0 Å². The van der Waals surface area contributed by atoms with Crippen LogP contribution in [-0.4, -0.2) is 65.5 Å². The maximum Gasteiger partial charge on any atom is 0.411 e. The second-order valence-corrected chi connectivity index (χ2v) is 11.0. The minimum absolute atomic E-state index is 0.161. The number of nitrogens with zero attached hydrogens (tertiary/aromatic N) is 2. The van der Waals surface area contributed by atoms with E-state index in [-0.39, 0.29) is 11.8 Å². The number of amides is 3. The SMILES string of the molecule is CCN(CCNC(=O)C1c2ccc(Oc3cccc(NC(C)=O)c3)cc2CCN1C(=O)OC(C)(C)C)C(C)C. The largest absolute Gasteiger partial charge is 0.457 e. The second kappa shape index (κ2) is 13.0. The van der Waals surface area contributed by atoms with Crippen LogP contribution in [0.1, 0.15) is 65.6 Å². The molecule has 0 radical (unpaired) electrons. The van der Waals surface area contributed by atoms with E-state index in [4.69, 9.17) is 9.47 Å². The third kappa shape index (κ3) is 8.45. The number of carbonyl (C=O) groups is 3. The van der Waals surface area contributed by atoms with Gasteiger partial charge in [-0.3, -0.25) is 19.4 Å². The summed E-state index contributed by atoms with van der Waals surface area (Å²) >= 11 is 0. The highest BCUT2D eigenvalue weighted by Crippen LogP contribution is 2.35. The van der Waals surface area contributed by atoms with E-state index in [0.717, 1.165) is 24.2 Å². The molecule has 0 saturated heterocycles. The van der Waals surface area contributed by atoms with Crippen LogP contribution in [0.5, 0.6) is 11.5 Å². The fraction of sp³-hybridized carbons (Fsp3) is 0.500. The lowest BCUT2D eigenvalue weighted by Gasteiger charge is -2.37. The van der Waals surface area contributed by atoms with Gasteiger partial charge in [0.05, 0.1) is 0 Å². The van der Waals surface area contributed by atoms with Gasteiger partial charge in [0, 0.05) is 44.4 Å². The molecule has 0 saturated carbocycles. The van der Waals surface area contributed by atoms with Crippen molar-refractivity contribution in [1.82, 2.24) is 15.1 Å². The molecule has 1 unspecified atom stereocenters. The number of nitrogens with one attached hydrogen (secondary N) is 2. The summed E-state index contributed by atoms with van der Waals surface area (Å²) in [6, 6.07) is 12.3. The molecule has 0 aliphatic carbocycles. The first-order chi connectivity index (χ1) is 18.4. The Hall–Kier alpha value is -3.59. The predicted molar refractivity (Wildman–Crippen MR) is 152 cm³/mol. The molecular formula is C30H42N4O5. The number of anilines is 1. The fourth-order valence-electron chi connectivity index (χ4n) is 4.64. The minimum Gasteiger partial charge on any atom is -0.457 e. The van der Waals surface area contributed by atoms with Crippen LogP contribution in [0, 0.1) is 0 Å². The average molecular weight is 539 g/mol. The molecule has 9 heteroatoms. The molecule has 0 aromatic heterocycles. The lowest BCUT2D eigenvalue weighted by atomic mass is 9.92. The Morgan fingerprint density at radius 1 is 1.10 bits per heavy atom. The number of fused-ring (bicyclic) bond motifs is 1. The summed E-state index contributed by atoms with van der Waals surface area (Å²) in [6.45, 7) is 15.7. The molecule has 1 heterocycles. The Labute approximate surface area is 231 Å². The van der Waals surface area contributed by atoms with Crippen molar-refractivity contribution in [2.45, 2.75) is 72.6 Å². The fourth-order valence-corrected chi connectivity index (χ4v) is 4.64. The van der Waals surface area contributed by atoms with Crippen molar-refractivity contribution in [3.63, 3.8) is 0 Å². The van der Waals surface area contributed by atoms with Crippen LogP contribution in [0.15, 0.2) is 42.5 Å². The highest BCUT2D eigenvalue weighted by molar-refractivity contribution is 5.89. The highest BCUT2D eigenvalue weighted by atomic mass is 16.6. The maximum atomic E-state index is 13.5. The molecule has 1 aliphatic heterocycles. The van der Waals surface area contributed by atoms with Crippen LogP contribution in [0.4, 0.5) is 10.5 Å². The zero-order valence-electron chi connectivity index (χ0n) is 24.2. The molecular weight excluding hydrogens is 496 g/mol. The Morgan fingerprint density at radius 2 is 1.82 bits per heavy atom. The van der Waals surface area contributed by atoms with Crippen molar-refractivity contribution < 1.29 is 23.9 Å². The first-order valence-corrected chi connectivity index (χ1v) is 13.6. The van der Waals surface area contributed by atoms with Gasteiger partial charge >= 0.3 is 6.09 Å². The van der Waals surface area contributed by atoms with Crippen LogP contribution in [-0.2, 0) is 20.7 Å². The van der Waals surface area contributed by atoms with Gasteiger partial charge in [-0.25, -0.2) is 4.79 Å². The summed E-state index contributed by atoms with van der Waals surface area (Å²) in [6.07, 6.45) is 0.0408. The van der Waals surface area contributed by atoms with Crippen molar-refractivity contribution in [2.75, 3.05) is 31.5 Å². The van der Waals surface area contributed by atoms with Crippen molar-refractivity contribution in [3.8, 4) is 11.5 Å². The van der Waals surface area contributed by atoms with E-state index >= 15 is 0 Å². The smallest absolute Gasteiger partial charge is 0.411 e. The molecule has 3 amide bonds. The molecule has 1 atom stereocenters. The van der Waals surface area contributed by atoms with Gasteiger partial charge in [-0.05, 0) is 83.0 Å². The number of hydrogen-bond donors (Lipinski definition) is 2. The monoisotopic (exact) mass is 538 g/mol. The standard InChI is InChI=1S/C30H42N4O5/c1-8-33(20(2)3)17-15-31-28(36)27-26-13-12-25(38-24-11-9-10-23(19-24)32-21(4)35)18-22(26)14-16-34(27)29(37)39-30(5,6)7/h9-13,18-20,27H,8,14-17H2,1-7H3,(H,31,36)(H,32,35). The summed E-state index contributed by atoms with van der Waals surface area (Å²) in [5.74, 6) is 0.783. The first-order valence-electron chi connectivity index (χ1n) is 13.6. The number of ether oxygens (including phenoxy) is 2. The van der Waals surface area contributed by atoms with Gasteiger partial charge in [-0.15, -0.1) is 0 Å². The molecule has 2 aromatic rings. The summed E-state index contributed by atoms with van der Waals surface area (Å²) in [4.78, 5) is 41.9. The predicted octanol–water partition coefficient (Wildman–Crippen LogP) is 5.12. The van der Waals surface area contributed by atoms with Crippen molar-refractivity contribution in [1.29, 1.82) is 0 Å². The van der Waals surface area contributed by atoms with Crippen LogP contribution >= 0.6 is 0 Å². The molecule has 9 nitrogen and oxygen atoms in total. The third-order valence-corrected chi connectivity index (χ3v) is 6.44. The summed E-state index contributed by atoms with van der Waals surface area (Å²) in [7, 11) is 0. The van der Waals surface area contributed by atoms with Crippen LogP contribution < -0.4 is 15.4 Å². The molecule has 2 aromatic carbocycles. The quantitative estimate of drug-likeness (QED) is 0.460. The summed E-state index contributed by atoms with van der Waals surface area (Å²) in [5.41, 5.74) is 1.64. The van der Waals surface area contributed by atoms with E-state index in [1.54, 1.807) is 24.3 Å². The summed E-state index contributed by atoms with van der Waals surface area (Å²) < 4.78 is 11.7. The molecule has 0 fully saturated rings. The topological polar surface area (TPSA) is 100 Å². The lowest BCUT2D eigenvalue weighted by molar-refractivity contribution is -0.127. The van der Waals surface area contributed by atoms with Crippen molar-refractivity contribution in [2.24, 2.45) is 0 Å². The second-order valence-electron chi connectivity index (χ2n) is 11.0. The van der Waals surface area contributed by atoms with Gasteiger partial charge in [-0.1, -0.05) is 19.1 Å². The Kier molecular flexibility index (Phi) is 9.97. The maximum absolute atomic E-state index is 13.5. The van der Waals surface area contributed by atoms with Gasteiger partial charge in [0.2, 0.25) is 11.8 Å². The average Bonchev–Trinajstić information content (AvgIpc) is 2.84. The van der Waals surface area contributed by atoms with Crippen LogP contribution in [0.25, 0.3) is 0 Å². The van der Waals surface area contributed by atoms with E-state index in [1.165, 1.54) is 11.8 Å². The number of benzene rings is 2.